The van der Waals surface area contributed by atoms with E-state index in [2.05, 4.69) is 19.1 Å². The Labute approximate surface area is 192 Å². The second-order valence-electron chi connectivity index (χ2n) is 8.04. The Morgan fingerprint density at radius 2 is 1.44 bits per heavy atom. The molecular weight excluding hydrogens is 404 g/mol. The zero-order valence-corrected chi connectivity index (χ0v) is 19.6. The van der Waals surface area contributed by atoms with Crippen LogP contribution in [-0.4, -0.2) is 31.4 Å². The van der Waals surface area contributed by atoms with E-state index in [1.54, 1.807) is 7.11 Å². The summed E-state index contributed by atoms with van der Waals surface area (Å²) in [6.45, 7) is 3.39. The third-order valence-corrected chi connectivity index (χ3v) is 5.41. The second-order valence-corrected chi connectivity index (χ2v) is 8.04. The molecule has 1 N–H and O–H groups in total. The standard InChI is InChI=1S/C27H38O5/c1-3-11-24-25(13-10-14-26(24)32-21-9-7-15-27(28)29)31-20-8-5-4-6-12-22-16-18-23(30-2)19-17-22/h10,13-14,16-19H,3-9,11-12,15,20-21H2,1-2H3,(H,28,29). The van der Waals surface area contributed by atoms with Gasteiger partial charge in [-0.3, -0.25) is 4.79 Å². The van der Waals surface area contributed by atoms with Crippen LogP contribution in [0.1, 0.15) is 69.4 Å². The lowest BCUT2D eigenvalue weighted by molar-refractivity contribution is -0.137. The highest BCUT2D eigenvalue weighted by atomic mass is 16.5. The molecule has 0 aromatic heterocycles. The Hall–Kier alpha value is -2.69. The maximum absolute atomic E-state index is 10.6. The molecule has 0 unspecified atom stereocenters. The summed E-state index contributed by atoms with van der Waals surface area (Å²) in [6, 6.07) is 14.3. The average molecular weight is 443 g/mol. The Morgan fingerprint density at radius 1 is 0.812 bits per heavy atom. The maximum atomic E-state index is 10.6. The molecule has 2 aromatic carbocycles. The van der Waals surface area contributed by atoms with E-state index in [9.17, 15) is 4.79 Å². The molecule has 5 heteroatoms. The molecule has 176 valence electrons. The third kappa shape index (κ3) is 9.63. The minimum absolute atomic E-state index is 0.189. The predicted octanol–water partition coefficient (Wildman–Crippen LogP) is 6.46. The molecule has 2 rings (SSSR count). The molecular formula is C27H38O5. The molecule has 0 radical (unpaired) electrons. The van der Waals surface area contributed by atoms with E-state index in [0.29, 0.717) is 19.6 Å². The lowest BCUT2D eigenvalue weighted by Gasteiger charge is -2.16. The second kappa shape index (κ2) is 15.2. The van der Waals surface area contributed by atoms with Crippen molar-refractivity contribution >= 4 is 5.97 Å². The molecule has 32 heavy (non-hydrogen) atoms. The van der Waals surface area contributed by atoms with Gasteiger partial charge in [-0.15, -0.1) is 0 Å². The molecule has 2 aromatic rings. The van der Waals surface area contributed by atoms with E-state index >= 15 is 0 Å². The molecule has 0 fully saturated rings. The van der Waals surface area contributed by atoms with E-state index < -0.39 is 5.97 Å². The number of methoxy groups -OCH3 is 1. The van der Waals surface area contributed by atoms with E-state index in [4.69, 9.17) is 19.3 Å². The van der Waals surface area contributed by atoms with Crippen LogP contribution in [0.3, 0.4) is 0 Å². The van der Waals surface area contributed by atoms with Gasteiger partial charge in [0.1, 0.15) is 17.2 Å². The lowest BCUT2D eigenvalue weighted by Crippen LogP contribution is -2.05. The first-order chi connectivity index (χ1) is 15.6. The van der Waals surface area contributed by atoms with Gasteiger partial charge >= 0.3 is 5.97 Å². The van der Waals surface area contributed by atoms with E-state index in [0.717, 1.165) is 61.3 Å². The third-order valence-electron chi connectivity index (χ3n) is 5.41. The summed E-state index contributed by atoms with van der Waals surface area (Å²) in [4.78, 5) is 10.6. The summed E-state index contributed by atoms with van der Waals surface area (Å²) >= 11 is 0. The van der Waals surface area contributed by atoms with Crippen molar-refractivity contribution in [2.75, 3.05) is 20.3 Å². The SMILES string of the molecule is CCCc1c(OCCCCCCc2ccc(OC)cc2)cccc1OCCCCC(=O)O. The molecule has 0 amide bonds. The summed E-state index contributed by atoms with van der Waals surface area (Å²) in [5.41, 5.74) is 2.47. The fraction of sp³-hybridized carbons (Fsp3) is 0.519. The number of carboxylic acid groups (broad SMARTS) is 1. The Kier molecular flexibility index (Phi) is 12.1. The minimum atomic E-state index is -0.757. The number of aliphatic carboxylic acids is 1. The van der Waals surface area contributed by atoms with Crippen LogP contribution in [0.25, 0.3) is 0 Å². The van der Waals surface area contributed by atoms with E-state index in [1.165, 1.54) is 18.4 Å². The number of benzene rings is 2. The van der Waals surface area contributed by atoms with Crippen molar-refractivity contribution in [3.8, 4) is 17.2 Å². The Balaban J connectivity index is 1.70. The Morgan fingerprint density at radius 3 is 2.03 bits per heavy atom. The molecule has 0 aliphatic carbocycles. The first kappa shape index (κ1) is 25.6. The van der Waals surface area contributed by atoms with Crippen LogP contribution in [0.2, 0.25) is 0 Å². The quantitative estimate of drug-likeness (QED) is 0.285. The van der Waals surface area contributed by atoms with Crippen molar-refractivity contribution in [2.24, 2.45) is 0 Å². The fourth-order valence-corrected chi connectivity index (χ4v) is 3.63. The minimum Gasteiger partial charge on any atom is -0.497 e. The molecule has 0 saturated carbocycles. The molecule has 0 saturated heterocycles. The van der Waals surface area contributed by atoms with Gasteiger partial charge in [-0.1, -0.05) is 44.4 Å². The van der Waals surface area contributed by atoms with E-state index in [-0.39, 0.29) is 6.42 Å². The average Bonchev–Trinajstić information content (AvgIpc) is 2.80. The fourth-order valence-electron chi connectivity index (χ4n) is 3.63. The van der Waals surface area contributed by atoms with Gasteiger partial charge in [-0.2, -0.15) is 0 Å². The van der Waals surface area contributed by atoms with Gasteiger partial charge in [0.2, 0.25) is 0 Å². The number of carboxylic acids is 1. The summed E-state index contributed by atoms with van der Waals surface area (Å²) in [7, 11) is 1.69. The number of carbonyl (C=O) groups is 1. The molecule has 0 heterocycles. The highest BCUT2D eigenvalue weighted by molar-refractivity contribution is 5.66. The molecule has 0 bridgehead atoms. The van der Waals surface area contributed by atoms with Crippen LogP contribution in [0.5, 0.6) is 17.2 Å². The zero-order valence-electron chi connectivity index (χ0n) is 19.6. The van der Waals surface area contributed by atoms with Crippen LogP contribution in [0.15, 0.2) is 42.5 Å². The Bertz CT molecular complexity index is 785. The summed E-state index contributed by atoms with van der Waals surface area (Å²) in [5, 5.41) is 8.74. The van der Waals surface area contributed by atoms with Gasteiger partial charge in [-0.05, 0) is 68.4 Å². The number of rotatable bonds is 17. The highest BCUT2D eigenvalue weighted by Gasteiger charge is 2.10. The van der Waals surface area contributed by atoms with E-state index in [1.807, 2.05) is 30.3 Å². The molecule has 5 nitrogen and oxygen atoms in total. The number of hydrogen-bond acceptors (Lipinski definition) is 4. The van der Waals surface area contributed by atoms with Gasteiger partial charge in [0.25, 0.3) is 0 Å². The van der Waals surface area contributed by atoms with Gasteiger partial charge < -0.3 is 19.3 Å². The molecule has 0 aliphatic rings. The summed E-state index contributed by atoms with van der Waals surface area (Å²) in [6.07, 6.45) is 9.13. The van der Waals surface area contributed by atoms with Crippen LogP contribution in [0, 0.1) is 0 Å². The monoisotopic (exact) mass is 442 g/mol. The molecule has 0 atom stereocenters. The largest absolute Gasteiger partial charge is 0.497 e. The van der Waals surface area contributed by atoms with Gasteiger partial charge in [0.05, 0.1) is 20.3 Å². The summed E-state index contributed by atoms with van der Waals surface area (Å²) in [5.74, 6) is 1.92. The smallest absolute Gasteiger partial charge is 0.303 e. The molecule has 0 aliphatic heterocycles. The topological polar surface area (TPSA) is 65.0 Å². The number of hydrogen-bond donors (Lipinski definition) is 1. The first-order valence-corrected chi connectivity index (χ1v) is 11.9. The molecule has 0 spiro atoms. The number of ether oxygens (including phenoxy) is 3. The van der Waals surface area contributed by atoms with Crippen molar-refractivity contribution in [1.82, 2.24) is 0 Å². The van der Waals surface area contributed by atoms with Crippen LogP contribution < -0.4 is 14.2 Å². The predicted molar refractivity (Wildman–Crippen MR) is 128 cm³/mol. The number of unbranched alkanes of at least 4 members (excludes halogenated alkanes) is 4. The zero-order chi connectivity index (χ0) is 23.0. The van der Waals surface area contributed by atoms with Gasteiger partial charge in [0.15, 0.2) is 0 Å². The summed E-state index contributed by atoms with van der Waals surface area (Å²) < 4.78 is 17.3. The van der Waals surface area contributed by atoms with Gasteiger partial charge in [0, 0.05) is 12.0 Å². The van der Waals surface area contributed by atoms with Crippen molar-refractivity contribution in [3.05, 3.63) is 53.6 Å². The van der Waals surface area contributed by atoms with Crippen LogP contribution >= 0.6 is 0 Å². The first-order valence-electron chi connectivity index (χ1n) is 11.9. The van der Waals surface area contributed by atoms with Gasteiger partial charge in [-0.25, -0.2) is 0 Å². The highest BCUT2D eigenvalue weighted by Crippen LogP contribution is 2.30. The van der Waals surface area contributed by atoms with Crippen LogP contribution in [-0.2, 0) is 17.6 Å². The normalized spacial score (nSPS) is 10.7. The lowest BCUT2D eigenvalue weighted by atomic mass is 10.1. The van der Waals surface area contributed by atoms with Crippen molar-refractivity contribution in [2.45, 2.75) is 71.1 Å². The van der Waals surface area contributed by atoms with Crippen molar-refractivity contribution < 1.29 is 24.1 Å². The number of aryl methyl sites for hydroxylation is 1. The van der Waals surface area contributed by atoms with Crippen molar-refractivity contribution in [1.29, 1.82) is 0 Å². The van der Waals surface area contributed by atoms with Crippen LogP contribution in [0.4, 0.5) is 0 Å². The van der Waals surface area contributed by atoms with Crippen molar-refractivity contribution in [3.63, 3.8) is 0 Å². The maximum Gasteiger partial charge on any atom is 0.303 e.